The van der Waals surface area contributed by atoms with Crippen molar-refractivity contribution < 1.29 is 9.18 Å². The summed E-state index contributed by atoms with van der Waals surface area (Å²) in [5.41, 5.74) is 0.878. The highest BCUT2D eigenvalue weighted by Crippen LogP contribution is 2.23. The van der Waals surface area contributed by atoms with E-state index in [9.17, 15) is 9.18 Å². The number of hydrogen-bond donors (Lipinski definition) is 1. The van der Waals surface area contributed by atoms with E-state index in [1.165, 1.54) is 6.07 Å². The molecule has 0 radical (unpaired) electrons. The third-order valence-corrected chi connectivity index (χ3v) is 3.81. The number of amides is 1. The fourth-order valence-electron chi connectivity index (χ4n) is 1.56. The molecule has 0 aromatic heterocycles. The molecule has 2 rings (SSSR count). The molecule has 0 bridgehead atoms. The molecule has 0 saturated heterocycles. The molecule has 19 heavy (non-hydrogen) atoms. The van der Waals surface area contributed by atoms with Crippen molar-refractivity contribution in [1.82, 2.24) is 5.32 Å². The molecule has 0 unspecified atom stereocenters. The summed E-state index contributed by atoms with van der Waals surface area (Å²) in [6, 6.07) is 11.2. The summed E-state index contributed by atoms with van der Waals surface area (Å²) in [5, 5.41) is 3.11. The topological polar surface area (TPSA) is 29.1 Å². The predicted octanol–water partition coefficient (Wildman–Crippen LogP) is 4.17. The molecule has 98 valence electrons. The average molecular weight is 343 g/mol. The fourth-order valence-corrected chi connectivity index (χ4v) is 1.98. The monoisotopic (exact) mass is 341 g/mol. The van der Waals surface area contributed by atoms with Gasteiger partial charge in [0.2, 0.25) is 0 Å². The molecule has 0 aliphatic rings. The van der Waals surface area contributed by atoms with Gasteiger partial charge in [-0.25, -0.2) is 4.39 Å². The van der Waals surface area contributed by atoms with Crippen molar-refractivity contribution in [1.29, 1.82) is 0 Å². The summed E-state index contributed by atoms with van der Waals surface area (Å²) in [5.74, 6) is -0.630. The van der Waals surface area contributed by atoms with Gasteiger partial charge in [-0.15, -0.1) is 0 Å². The van der Waals surface area contributed by atoms with E-state index in [0.29, 0.717) is 16.1 Å². The highest BCUT2D eigenvalue weighted by Gasteiger charge is 2.08. The quantitative estimate of drug-likeness (QED) is 0.891. The highest BCUT2D eigenvalue weighted by molar-refractivity contribution is 9.10. The SMILES string of the molecule is O=C(NCc1ccccc1F)c1ccc(Br)c(Cl)c1. The largest absolute Gasteiger partial charge is 0.348 e. The van der Waals surface area contributed by atoms with Gasteiger partial charge < -0.3 is 5.32 Å². The molecule has 5 heteroatoms. The van der Waals surface area contributed by atoms with Crippen LogP contribution in [0.4, 0.5) is 4.39 Å². The third-order valence-electron chi connectivity index (χ3n) is 2.58. The Balaban J connectivity index is 2.05. The van der Waals surface area contributed by atoms with Crippen LogP contribution in [0.3, 0.4) is 0 Å². The molecule has 2 aromatic rings. The minimum Gasteiger partial charge on any atom is -0.348 e. The Morgan fingerprint density at radius 1 is 1.26 bits per heavy atom. The van der Waals surface area contributed by atoms with Crippen LogP contribution in [0, 0.1) is 5.82 Å². The van der Waals surface area contributed by atoms with Gasteiger partial charge in [-0.3, -0.25) is 4.79 Å². The van der Waals surface area contributed by atoms with Crippen LogP contribution in [-0.4, -0.2) is 5.91 Å². The van der Waals surface area contributed by atoms with Crippen molar-refractivity contribution in [2.24, 2.45) is 0 Å². The maximum absolute atomic E-state index is 13.4. The summed E-state index contributed by atoms with van der Waals surface area (Å²) in [4.78, 5) is 11.9. The average Bonchev–Trinajstić information content (AvgIpc) is 2.40. The molecule has 0 heterocycles. The van der Waals surface area contributed by atoms with Crippen molar-refractivity contribution in [3.05, 3.63) is 68.9 Å². The summed E-state index contributed by atoms with van der Waals surface area (Å²) in [6.45, 7) is 0.138. The minimum atomic E-state index is -0.336. The molecule has 2 aromatic carbocycles. The van der Waals surface area contributed by atoms with Gasteiger partial charge >= 0.3 is 0 Å². The first kappa shape index (κ1) is 14.0. The zero-order valence-electron chi connectivity index (χ0n) is 9.79. The van der Waals surface area contributed by atoms with Gasteiger partial charge in [-0.2, -0.15) is 0 Å². The standard InChI is InChI=1S/C14H10BrClFNO/c15-11-6-5-9(7-12(11)16)14(19)18-8-10-3-1-2-4-13(10)17/h1-7H,8H2,(H,18,19). The van der Waals surface area contributed by atoms with Crippen LogP contribution in [-0.2, 0) is 6.54 Å². The van der Waals surface area contributed by atoms with E-state index in [2.05, 4.69) is 21.2 Å². The molecule has 0 saturated carbocycles. The number of carbonyl (C=O) groups excluding carboxylic acids is 1. The fraction of sp³-hybridized carbons (Fsp3) is 0.0714. The van der Waals surface area contributed by atoms with E-state index in [-0.39, 0.29) is 18.3 Å². The second kappa shape index (κ2) is 6.17. The Kier molecular flexibility index (Phi) is 4.56. The molecule has 0 spiro atoms. The lowest BCUT2D eigenvalue weighted by molar-refractivity contribution is 0.0950. The highest BCUT2D eigenvalue weighted by atomic mass is 79.9. The number of carbonyl (C=O) groups is 1. The summed E-state index contributed by atoms with van der Waals surface area (Å²) in [6.07, 6.45) is 0. The molecule has 1 N–H and O–H groups in total. The summed E-state index contributed by atoms with van der Waals surface area (Å²) >= 11 is 9.16. The zero-order chi connectivity index (χ0) is 13.8. The Labute approximate surface area is 123 Å². The van der Waals surface area contributed by atoms with Crippen molar-refractivity contribution in [2.45, 2.75) is 6.54 Å². The number of hydrogen-bond acceptors (Lipinski definition) is 1. The summed E-state index contributed by atoms with van der Waals surface area (Å²) < 4.78 is 14.1. The van der Waals surface area contributed by atoms with E-state index in [1.54, 1.807) is 36.4 Å². The number of rotatable bonds is 3. The Morgan fingerprint density at radius 3 is 2.68 bits per heavy atom. The van der Waals surface area contributed by atoms with Crippen LogP contribution in [0.1, 0.15) is 15.9 Å². The van der Waals surface area contributed by atoms with Crippen LogP contribution in [0.5, 0.6) is 0 Å². The van der Waals surface area contributed by atoms with Gasteiger partial charge in [0.15, 0.2) is 0 Å². The Hall–Kier alpha value is -1.39. The Morgan fingerprint density at radius 2 is 2.00 bits per heavy atom. The van der Waals surface area contributed by atoms with Gasteiger partial charge in [-0.05, 0) is 40.2 Å². The lowest BCUT2D eigenvalue weighted by Gasteiger charge is -2.07. The number of nitrogens with one attached hydrogen (secondary N) is 1. The number of halogens is 3. The van der Waals surface area contributed by atoms with Gasteiger partial charge in [0.25, 0.3) is 5.91 Å². The van der Waals surface area contributed by atoms with Gasteiger partial charge in [-0.1, -0.05) is 29.8 Å². The lowest BCUT2D eigenvalue weighted by Crippen LogP contribution is -2.23. The second-order valence-corrected chi connectivity index (χ2v) is 5.16. The molecule has 0 fully saturated rings. The first-order valence-corrected chi connectivity index (χ1v) is 6.71. The van der Waals surface area contributed by atoms with E-state index in [1.807, 2.05) is 0 Å². The van der Waals surface area contributed by atoms with E-state index >= 15 is 0 Å². The van der Waals surface area contributed by atoms with Crippen molar-refractivity contribution in [3.8, 4) is 0 Å². The normalized spacial score (nSPS) is 10.3. The van der Waals surface area contributed by atoms with Crippen LogP contribution < -0.4 is 5.32 Å². The predicted molar refractivity (Wildman–Crippen MR) is 76.7 cm³/mol. The second-order valence-electron chi connectivity index (χ2n) is 3.90. The van der Waals surface area contributed by atoms with Crippen molar-refractivity contribution in [2.75, 3.05) is 0 Å². The summed E-state index contributed by atoms with van der Waals surface area (Å²) in [7, 11) is 0. The molecule has 2 nitrogen and oxygen atoms in total. The zero-order valence-corrected chi connectivity index (χ0v) is 12.1. The van der Waals surface area contributed by atoms with Gasteiger partial charge in [0, 0.05) is 22.1 Å². The molecule has 0 aliphatic carbocycles. The first-order chi connectivity index (χ1) is 9.08. The van der Waals surface area contributed by atoms with Crippen LogP contribution in [0.15, 0.2) is 46.9 Å². The maximum atomic E-state index is 13.4. The third kappa shape index (κ3) is 3.55. The lowest BCUT2D eigenvalue weighted by atomic mass is 10.2. The first-order valence-electron chi connectivity index (χ1n) is 5.54. The smallest absolute Gasteiger partial charge is 0.251 e. The minimum absolute atomic E-state index is 0.138. The van der Waals surface area contributed by atoms with E-state index in [4.69, 9.17) is 11.6 Å². The van der Waals surface area contributed by atoms with Gasteiger partial charge in [0.05, 0.1) is 5.02 Å². The number of benzene rings is 2. The Bertz CT molecular complexity index is 618. The molecule has 0 atom stereocenters. The van der Waals surface area contributed by atoms with Crippen LogP contribution >= 0.6 is 27.5 Å². The maximum Gasteiger partial charge on any atom is 0.251 e. The molecule has 1 amide bonds. The van der Waals surface area contributed by atoms with Crippen molar-refractivity contribution >= 4 is 33.4 Å². The molecular formula is C14H10BrClFNO. The van der Waals surface area contributed by atoms with Crippen LogP contribution in [0.2, 0.25) is 5.02 Å². The van der Waals surface area contributed by atoms with Gasteiger partial charge in [0.1, 0.15) is 5.82 Å². The van der Waals surface area contributed by atoms with Crippen LogP contribution in [0.25, 0.3) is 0 Å². The van der Waals surface area contributed by atoms with E-state index < -0.39 is 0 Å². The van der Waals surface area contributed by atoms with E-state index in [0.717, 1.165) is 4.47 Å². The molecular weight excluding hydrogens is 333 g/mol. The van der Waals surface area contributed by atoms with Crippen molar-refractivity contribution in [3.63, 3.8) is 0 Å². The molecule has 0 aliphatic heterocycles.